The van der Waals surface area contributed by atoms with Crippen LogP contribution in [0, 0.1) is 5.41 Å². The Bertz CT molecular complexity index is 894. The molecule has 0 saturated heterocycles. The molecule has 2 atom stereocenters. The van der Waals surface area contributed by atoms with Crippen molar-refractivity contribution in [1.29, 1.82) is 0 Å². The zero-order valence-electron chi connectivity index (χ0n) is 15.7. The third-order valence-electron chi connectivity index (χ3n) is 6.05. The van der Waals surface area contributed by atoms with Gasteiger partial charge in [-0.2, -0.15) is 0 Å². The molecule has 2 aliphatic rings. The summed E-state index contributed by atoms with van der Waals surface area (Å²) >= 11 is 0. The summed E-state index contributed by atoms with van der Waals surface area (Å²) < 4.78 is 0. The number of likely N-dealkylation sites (N-methyl/N-ethyl adjacent to an activating group) is 1. The molecule has 0 amide bonds. The number of carbonyl (C=O) groups excluding carboxylic acids is 1. The van der Waals surface area contributed by atoms with Gasteiger partial charge in [0.15, 0.2) is 5.78 Å². The van der Waals surface area contributed by atoms with Crippen LogP contribution in [0.3, 0.4) is 0 Å². The van der Waals surface area contributed by atoms with E-state index in [4.69, 9.17) is 0 Å². The number of nitrogens with zero attached hydrogens (tertiary/aromatic N) is 1. The van der Waals surface area contributed by atoms with Gasteiger partial charge >= 0.3 is 0 Å². The summed E-state index contributed by atoms with van der Waals surface area (Å²) in [4.78, 5) is 15.6. The number of hydrogen-bond donors (Lipinski definition) is 0. The lowest BCUT2D eigenvalue weighted by molar-refractivity contribution is -0.122. The zero-order chi connectivity index (χ0) is 18.3. The van der Waals surface area contributed by atoms with Crippen molar-refractivity contribution in [3.63, 3.8) is 0 Å². The van der Waals surface area contributed by atoms with E-state index in [0.29, 0.717) is 0 Å². The van der Waals surface area contributed by atoms with Gasteiger partial charge in [-0.3, -0.25) is 4.79 Å². The highest BCUT2D eigenvalue weighted by atomic mass is 16.1. The monoisotopic (exact) mass is 343 g/mol. The number of benzene rings is 2. The van der Waals surface area contributed by atoms with Crippen molar-refractivity contribution in [2.24, 2.45) is 5.41 Å². The SMILES string of the molecule is CC1=CC(=O)[C@]2(C)C(c3ccccc3)=C(Cc3ccccc3)N(C)[C@@H]2C1. The first-order valence-electron chi connectivity index (χ1n) is 9.29. The van der Waals surface area contributed by atoms with E-state index in [9.17, 15) is 4.79 Å². The largest absolute Gasteiger partial charge is 0.373 e. The number of rotatable bonds is 3. The van der Waals surface area contributed by atoms with Crippen LogP contribution in [-0.2, 0) is 11.2 Å². The van der Waals surface area contributed by atoms with Crippen LogP contribution in [0.4, 0.5) is 0 Å². The van der Waals surface area contributed by atoms with Gasteiger partial charge in [-0.25, -0.2) is 0 Å². The fraction of sp³-hybridized carbons (Fsp3) is 0.292. The van der Waals surface area contributed by atoms with Crippen molar-refractivity contribution in [3.8, 4) is 0 Å². The summed E-state index contributed by atoms with van der Waals surface area (Å²) in [6.45, 7) is 4.21. The molecule has 1 heterocycles. The van der Waals surface area contributed by atoms with Gasteiger partial charge in [0.25, 0.3) is 0 Å². The van der Waals surface area contributed by atoms with Crippen LogP contribution in [0.1, 0.15) is 31.4 Å². The van der Waals surface area contributed by atoms with Crippen LogP contribution in [0.5, 0.6) is 0 Å². The topological polar surface area (TPSA) is 20.3 Å². The van der Waals surface area contributed by atoms with Crippen LogP contribution >= 0.6 is 0 Å². The Hall–Kier alpha value is -2.61. The number of carbonyl (C=O) groups is 1. The lowest BCUT2D eigenvalue weighted by Gasteiger charge is -2.38. The number of allylic oxidation sites excluding steroid dienone is 2. The summed E-state index contributed by atoms with van der Waals surface area (Å²) in [5.74, 6) is 0.236. The first-order valence-corrected chi connectivity index (χ1v) is 9.29. The molecule has 1 aliphatic heterocycles. The second kappa shape index (κ2) is 6.28. The molecule has 2 nitrogen and oxygen atoms in total. The molecule has 1 aliphatic carbocycles. The van der Waals surface area contributed by atoms with Crippen molar-refractivity contribution in [1.82, 2.24) is 4.90 Å². The molecule has 2 aromatic carbocycles. The van der Waals surface area contributed by atoms with Crippen LogP contribution in [0.25, 0.3) is 5.57 Å². The van der Waals surface area contributed by atoms with Gasteiger partial charge in [0.1, 0.15) is 0 Å². The average Bonchev–Trinajstić information content (AvgIpc) is 2.86. The third-order valence-corrected chi connectivity index (χ3v) is 6.05. The summed E-state index contributed by atoms with van der Waals surface area (Å²) in [6.07, 6.45) is 3.64. The molecule has 132 valence electrons. The fourth-order valence-corrected chi connectivity index (χ4v) is 4.66. The fourth-order valence-electron chi connectivity index (χ4n) is 4.66. The Labute approximate surface area is 155 Å². The average molecular weight is 343 g/mol. The maximum absolute atomic E-state index is 13.2. The Balaban J connectivity index is 1.90. The van der Waals surface area contributed by atoms with Crippen LogP contribution in [0.15, 0.2) is 78.0 Å². The molecule has 0 radical (unpaired) electrons. The maximum Gasteiger partial charge on any atom is 0.168 e. The van der Waals surface area contributed by atoms with Gasteiger partial charge in [-0.05, 0) is 43.0 Å². The zero-order valence-corrected chi connectivity index (χ0v) is 15.7. The normalized spacial score (nSPS) is 25.3. The van der Waals surface area contributed by atoms with Gasteiger partial charge < -0.3 is 4.90 Å². The van der Waals surface area contributed by atoms with Crippen molar-refractivity contribution in [3.05, 3.63) is 89.1 Å². The van der Waals surface area contributed by atoms with Crippen LogP contribution in [-0.4, -0.2) is 23.8 Å². The number of fused-ring (bicyclic) bond motifs is 1. The van der Waals surface area contributed by atoms with Gasteiger partial charge in [0, 0.05) is 25.2 Å². The van der Waals surface area contributed by atoms with Crippen molar-refractivity contribution in [2.45, 2.75) is 32.7 Å². The van der Waals surface area contributed by atoms with E-state index in [1.807, 2.05) is 18.2 Å². The molecule has 26 heavy (non-hydrogen) atoms. The Morgan fingerprint density at radius 3 is 2.31 bits per heavy atom. The first-order chi connectivity index (χ1) is 12.5. The lowest BCUT2D eigenvalue weighted by atomic mass is 9.67. The molecule has 0 spiro atoms. The molecule has 0 bridgehead atoms. The third kappa shape index (κ3) is 2.52. The van der Waals surface area contributed by atoms with Crippen molar-refractivity contribution in [2.75, 3.05) is 7.05 Å². The highest BCUT2D eigenvalue weighted by molar-refractivity contribution is 6.07. The van der Waals surface area contributed by atoms with Crippen molar-refractivity contribution >= 4 is 11.4 Å². The van der Waals surface area contributed by atoms with Crippen LogP contribution < -0.4 is 0 Å². The predicted molar refractivity (Wildman–Crippen MR) is 107 cm³/mol. The minimum atomic E-state index is -0.486. The van der Waals surface area contributed by atoms with E-state index in [-0.39, 0.29) is 11.8 Å². The number of ketones is 1. The van der Waals surface area contributed by atoms with E-state index in [0.717, 1.165) is 18.4 Å². The highest BCUT2D eigenvalue weighted by Crippen LogP contribution is 2.53. The minimum Gasteiger partial charge on any atom is -0.373 e. The molecule has 4 rings (SSSR count). The van der Waals surface area contributed by atoms with E-state index < -0.39 is 5.41 Å². The van der Waals surface area contributed by atoms with E-state index in [2.05, 4.69) is 74.3 Å². The minimum absolute atomic E-state index is 0.189. The van der Waals surface area contributed by atoms with Crippen LogP contribution in [0.2, 0.25) is 0 Å². The van der Waals surface area contributed by atoms with Gasteiger partial charge in [-0.1, -0.05) is 66.2 Å². The lowest BCUT2D eigenvalue weighted by Crippen LogP contribution is -2.45. The van der Waals surface area contributed by atoms with E-state index in [1.165, 1.54) is 22.4 Å². The van der Waals surface area contributed by atoms with E-state index >= 15 is 0 Å². The molecule has 2 heteroatoms. The molecule has 0 aromatic heterocycles. The second-order valence-corrected chi connectivity index (χ2v) is 7.74. The highest BCUT2D eigenvalue weighted by Gasteiger charge is 2.53. The predicted octanol–water partition coefficient (Wildman–Crippen LogP) is 4.88. The van der Waals surface area contributed by atoms with E-state index in [1.54, 1.807) is 0 Å². The summed E-state index contributed by atoms with van der Waals surface area (Å²) in [5.41, 5.74) is 5.60. The molecule has 0 fully saturated rings. The quantitative estimate of drug-likeness (QED) is 0.792. The van der Waals surface area contributed by atoms with Gasteiger partial charge in [0.2, 0.25) is 0 Å². The smallest absolute Gasteiger partial charge is 0.168 e. The Morgan fingerprint density at radius 2 is 1.65 bits per heavy atom. The summed E-state index contributed by atoms with van der Waals surface area (Å²) in [7, 11) is 2.16. The second-order valence-electron chi connectivity index (χ2n) is 7.74. The Kier molecular flexibility index (Phi) is 4.07. The maximum atomic E-state index is 13.2. The summed E-state index contributed by atoms with van der Waals surface area (Å²) in [5, 5.41) is 0. The standard InChI is InChI=1S/C24H25NO/c1-17-14-21-24(2,22(26)15-17)23(19-12-8-5-9-13-19)20(25(21)3)16-18-10-6-4-7-11-18/h4-13,15,21H,14,16H2,1-3H3/t21-,24-/m1/s1. The Morgan fingerprint density at radius 1 is 1.04 bits per heavy atom. The van der Waals surface area contributed by atoms with Gasteiger partial charge in [0.05, 0.1) is 5.41 Å². The molecule has 0 saturated carbocycles. The molecule has 2 aromatic rings. The molecule has 0 unspecified atom stereocenters. The van der Waals surface area contributed by atoms with Gasteiger partial charge in [-0.15, -0.1) is 0 Å². The number of hydrogen-bond acceptors (Lipinski definition) is 2. The molecular formula is C24H25NO. The molecular weight excluding hydrogens is 318 g/mol. The first kappa shape index (κ1) is 16.8. The molecule has 0 N–H and O–H groups in total. The van der Waals surface area contributed by atoms with Crippen molar-refractivity contribution < 1.29 is 4.79 Å². The summed E-state index contributed by atoms with van der Waals surface area (Å²) in [6, 6.07) is 21.2.